The fourth-order valence-electron chi connectivity index (χ4n) is 4.32. The van der Waals surface area contributed by atoms with Gasteiger partial charge in [-0.2, -0.15) is 0 Å². The molecule has 7 heteroatoms. The molecule has 0 fully saturated rings. The number of aromatic hydroxyl groups is 1. The second kappa shape index (κ2) is 8.13. The van der Waals surface area contributed by atoms with Gasteiger partial charge >= 0.3 is 0 Å². The first-order chi connectivity index (χ1) is 14.7. The third-order valence-corrected chi connectivity index (χ3v) is 5.80. The van der Waals surface area contributed by atoms with Crippen molar-refractivity contribution in [2.45, 2.75) is 58.8 Å². The fourth-order valence-corrected chi connectivity index (χ4v) is 4.32. The van der Waals surface area contributed by atoms with E-state index in [9.17, 15) is 19.8 Å². The SMILES string of the molecule is CC1(C)CC(=O)c2c(CCC(=Nc3ccccc3O)C3=C(O)CCCC3=O)noc2C1. The van der Waals surface area contributed by atoms with Gasteiger partial charge in [0.2, 0.25) is 0 Å². The maximum atomic E-state index is 12.7. The Balaban J connectivity index is 1.68. The molecule has 1 heterocycles. The van der Waals surface area contributed by atoms with E-state index in [0.29, 0.717) is 66.9 Å². The van der Waals surface area contributed by atoms with Gasteiger partial charge in [-0.25, -0.2) is 4.99 Å². The zero-order valence-corrected chi connectivity index (χ0v) is 17.8. The summed E-state index contributed by atoms with van der Waals surface area (Å²) in [5.74, 6) is 0.451. The first kappa shape index (κ1) is 21.0. The highest BCUT2D eigenvalue weighted by atomic mass is 16.5. The second-order valence-corrected chi connectivity index (χ2v) is 9.01. The zero-order valence-electron chi connectivity index (χ0n) is 17.8. The predicted octanol–water partition coefficient (Wildman–Crippen LogP) is 4.81. The summed E-state index contributed by atoms with van der Waals surface area (Å²) < 4.78 is 5.47. The molecule has 0 spiro atoms. The number of aliphatic hydroxyl groups excluding tert-OH is 1. The van der Waals surface area contributed by atoms with Crippen molar-refractivity contribution < 1.29 is 24.3 Å². The highest BCUT2D eigenvalue weighted by Crippen LogP contribution is 2.37. The lowest BCUT2D eigenvalue weighted by Crippen LogP contribution is -2.26. The Morgan fingerprint density at radius 2 is 1.90 bits per heavy atom. The van der Waals surface area contributed by atoms with Gasteiger partial charge < -0.3 is 14.7 Å². The molecule has 2 aliphatic carbocycles. The van der Waals surface area contributed by atoms with E-state index in [1.807, 2.05) is 13.8 Å². The number of phenolic OH excluding ortho intramolecular Hbond substituents is 1. The van der Waals surface area contributed by atoms with Crippen molar-refractivity contribution in [1.29, 1.82) is 0 Å². The van der Waals surface area contributed by atoms with Crippen molar-refractivity contribution in [2.75, 3.05) is 0 Å². The van der Waals surface area contributed by atoms with Gasteiger partial charge in [-0.05, 0) is 36.8 Å². The average molecular weight is 422 g/mol. The number of hydrogen-bond donors (Lipinski definition) is 2. The van der Waals surface area contributed by atoms with Crippen LogP contribution in [0.15, 0.2) is 45.1 Å². The van der Waals surface area contributed by atoms with E-state index in [2.05, 4.69) is 10.1 Å². The Morgan fingerprint density at radius 1 is 1.13 bits per heavy atom. The molecule has 31 heavy (non-hydrogen) atoms. The molecule has 7 nitrogen and oxygen atoms in total. The molecule has 2 aromatic rings. The molecule has 2 N–H and O–H groups in total. The van der Waals surface area contributed by atoms with Crippen LogP contribution in [0.3, 0.4) is 0 Å². The van der Waals surface area contributed by atoms with E-state index in [1.165, 1.54) is 6.07 Å². The number of aromatic nitrogens is 1. The number of carbonyl (C=O) groups is 2. The lowest BCUT2D eigenvalue weighted by Gasteiger charge is -2.26. The first-order valence-corrected chi connectivity index (χ1v) is 10.6. The highest BCUT2D eigenvalue weighted by Gasteiger charge is 2.36. The number of ketones is 2. The van der Waals surface area contributed by atoms with Crippen LogP contribution in [0, 0.1) is 5.41 Å². The summed E-state index contributed by atoms with van der Waals surface area (Å²) in [6.07, 6.45) is 3.03. The minimum atomic E-state index is -0.169. The summed E-state index contributed by atoms with van der Waals surface area (Å²) in [5, 5.41) is 24.7. The number of allylic oxidation sites excluding steroid dienone is 2. The maximum Gasteiger partial charge on any atom is 0.168 e. The van der Waals surface area contributed by atoms with Gasteiger partial charge in [-0.3, -0.25) is 9.59 Å². The van der Waals surface area contributed by atoms with E-state index in [1.54, 1.807) is 18.2 Å². The van der Waals surface area contributed by atoms with Gasteiger partial charge in [0.1, 0.15) is 23.0 Å². The summed E-state index contributed by atoms with van der Waals surface area (Å²) in [6, 6.07) is 6.58. The number of Topliss-reactive ketones (excluding diaryl/α,β-unsaturated/α-hetero) is 2. The number of para-hydroxylation sites is 2. The molecule has 0 unspecified atom stereocenters. The minimum absolute atomic E-state index is 0.0116. The number of aliphatic hydroxyl groups is 1. The zero-order chi connectivity index (χ0) is 22.2. The smallest absolute Gasteiger partial charge is 0.168 e. The normalized spacial score (nSPS) is 19.0. The van der Waals surface area contributed by atoms with Gasteiger partial charge in [-0.15, -0.1) is 0 Å². The topological polar surface area (TPSA) is 113 Å². The van der Waals surface area contributed by atoms with Crippen molar-refractivity contribution in [3.8, 4) is 5.75 Å². The van der Waals surface area contributed by atoms with Gasteiger partial charge in [0.25, 0.3) is 0 Å². The molecule has 1 aromatic heterocycles. The number of hydrogen-bond acceptors (Lipinski definition) is 7. The highest BCUT2D eigenvalue weighted by molar-refractivity contribution is 6.23. The third kappa shape index (κ3) is 4.31. The molecule has 0 radical (unpaired) electrons. The number of rotatable bonds is 5. The summed E-state index contributed by atoms with van der Waals surface area (Å²) in [5.41, 5.74) is 1.82. The Kier molecular flexibility index (Phi) is 5.52. The summed E-state index contributed by atoms with van der Waals surface area (Å²) in [7, 11) is 0. The lowest BCUT2D eigenvalue weighted by molar-refractivity contribution is -0.115. The molecule has 162 valence electrons. The van der Waals surface area contributed by atoms with Crippen molar-refractivity contribution in [1.82, 2.24) is 5.16 Å². The minimum Gasteiger partial charge on any atom is -0.511 e. The summed E-state index contributed by atoms with van der Waals surface area (Å²) in [6.45, 7) is 4.05. The Bertz CT molecular complexity index is 1110. The molecule has 0 bridgehead atoms. The van der Waals surface area contributed by atoms with Crippen molar-refractivity contribution in [3.63, 3.8) is 0 Å². The monoisotopic (exact) mass is 422 g/mol. The van der Waals surface area contributed by atoms with E-state index in [-0.39, 0.29) is 40.5 Å². The number of fused-ring (bicyclic) bond motifs is 1. The molecule has 2 aliphatic rings. The van der Waals surface area contributed by atoms with Crippen LogP contribution in [0.1, 0.15) is 67.8 Å². The van der Waals surface area contributed by atoms with Crippen molar-refractivity contribution >= 4 is 23.0 Å². The Morgan fingerprint density at radius 3 is 2.65 bits per heavy atom. The molecule has 0 saturated heterocycles. The number of aryl methyl sites for hydroxylation is 1. The van der Waals surface area contributed by atoms with Gasteiger partial charge in [-0.1, -0.05) is 31.1 Å². The van der Waals surface area contributed by atoms with Crippen LogP contribution < -0.4 is 0 Å². The molecular formula is C24H26N2O5. The van der Waals surface area contributed by atoms with Gasteiger partial charge in [0, 0.05) is 25.7 Å². The number of carbonyl (C=O) groups excluding carboxylic acids is 2. The predicted molar refractivity (Wildman–Crippen MR) is 115 cm³/mol. The van der Waals surface area contributed by atoms with Crippen LogP contribution in [0.5, 0.6) is 5.75 Å². The molecule has 0 atom stereocenters. The number of aliphatic imine (C=N–C) groups is 1. The van der Waals surface area contributed by atoms with Crippen LogP contribution in [-0.2, 0) is 17.6 Å². The fraction of sp³-hybridized carbons (Fsp3) is 0.417. The van der Waals surface area contributed by atoms with E-state index in [0.717, 1.165) is 0 Å². The van der Waals surface area contributed by atoms with Gasteiger partial charge in [0.15, 0.2) is 11.6 Å². The van der Waals surface area contributed by atoms with E-state index >= 15 is 0 Å². The molecule has 0 amide bonds. The number of benzene rings is 1. The molecule has 4 rings (SSSR count). The van der Waals surface area contributed by atoms with Crippen molar-refractivity contribution in [2.24, 2.45) is 10.4 Å². The number of phenols is 1. The Hall–Kier alpha value is -3.22. The van der Waals surface area contributed by atoms with Crippen LogP contribution in [0.4, 0.5) is 5.69 Å². The standard InChI is InChI=1S/C24H26N2O5/c1-24(2)12-20(30)23-16(26-31-21(23)13-24)11-10-15(22-18(28)8-5-9-19(22)29)25-14-6-3-4-7-17(14)27/h3-4,6-7,27-28H,5,8-13H2,1-2H3. The van der Waals surface area contributed by atoms with Gasteiger partial charge in [0.05, 0.1) is 22.5 Å². The maximum absolute atomic E-state index is 12.7. The second-order valence-electron chi connectivity index (χ2n) is 9.01. The summed E-state index contributed by atoms with van der Waals surface area (Å²) >= 11 is 0. The van der Waals surface area contributed by atoms with Crippen molar-refractivity contribution in [3.05, 3.63) is 52.6 Å². The summed E-state index contributed by atoms with van der Waals surface area (Å²) in [4.78, 5) is 29.8. The van der Waals surface area contributed by atoms with Crippen LogP contribution in [-0.4, -0.2) is 32.6 Å². The van der Waals surface area contributed by atoms with Crippen LogP contribution in [0.2, 0.25) is 0 Å². The number of nitrogens with zero attached hydrogens (tertiary/aromatic N) is 2. The average Bonchev–Trinajstić information content (AvgIpc) is 3.09. The molecule has 0 saturated carbocycles. The quantitative estimate of drug-likeness (QED) is 0.669. The van der Waals surface area contributed by atoms with Crippen LogP contribution in [0.25, 0.3) is 0 Å². The molecule has 1 aromatic carbocycles. The molecular weight excluding hydrogens is 396 g/mol. The first-order valence-electron chi connectivity index (χ1n) is 10.6. The Labute approximate surface area is 180 Å². The largest absolute Gasteiger partial charge is 0.511 e. The lowest BCUT2D eigenvalue weighted by atomic mass is 9.76. The van der Waals surface area contributed by atoms with E-state index in [4.69, 9.17) is 4.52 Å². The molecule has 0 aliphatic heterocycles. The van der Waals surface area contributed by atoms with E-state index < -0.39 is 0 Å². The van der Waals surface area contributed by atoms with Crippen LogP contribution >= 0.6 is 0 Å². The third-order valence-electron chi connectivity index (χ3n) is 5.80.